The summed E-state index contributed by atoms with van der Waals surface area (Å²) in [6.07, 6.45) is 2.81. The summed E-state index contributed by atoms with van der Waals surface area (Å²) in [5.74, 6) is 1.38. The molecule has 2 heterocycles. The number of benzene rings is 1. The molecule has 0 radical (unpaired) electrons. The molecule has 0 N–H and O–H groups in total. The Balaban J connectivity index is 1.44. The maximum atomic E-state index is 12.3. The van der Waals surface area contributed by atoms with E-state index in [4.69, 9.17) is 10.00 Å². The maximum Gasteiger partial charge on any atom is 0.223 e. The van der Waals surface area contributed by atoms with Gasteiger partial charge in [0.2, 0.25) is 11.8 Å². The standard InChI is InChI=1S/C19H19N3O2S/c20-13-15-6-9-21-18(12-15)24-16-7-10-22(14-16)19(23)8-11-25-17-4-2-1-3-5-17/h1-6,9,12,16H,7-8,10-11,14H2. The van der Waals surface area contributed by atoms with Crippen molar-refractivity contribution in [1.29, 1.82) is 5.26 Å². The average Bonchev–Trinajstić information content (AvgIpc) is 3.11. The summed E-state index contributed by atoms with van der Waals surface area (Å²) < 4.78 is 5.81. The van der Waals surface area contributed by atoms with Gasteiger partial charge in [0, 0.05) is 42.3 Å². The van der Waals surface area contributed by atoms with Crippen molar-refractivity contribution >= 4 is 17.7 Å². The second-order valence-corrected chi connectivity index (χ2v) is 6.94. The van der Waals surface area contributed by atoms with E-state index in [9.17, 15) is 4.79 Å². The first-order valence-corrected chi connectivity index (χ1v) is 9.21. The highest BCUT2D eigenvalue weighted by Gasteiger charge is 2.27. The molecule has 2 aromatic rings. The van der Waals surface area contributed by atoms with Crippen molar-refractivity contribution in [1.82, 2.24) is 9.88 Å². The number of likely N-dealkylation sites (tertiary alicyclic amines) is 1. The Hall–Kier alpha value is -2.52. The van der Waals surface area contributed by atoms with Crippen LogP contribution in [0.5, 0.6) is 5.88 Å². The predicted octanol–water partition coefficient (Wildman–Crippen LogP) is 3.12. The zero-order valence-corrected chi connectivity index (χ0v) is 14.6. The van der Waals surface area contributed by atoms with Gasteiger partial charge in [0.05, 0.1) is 18.2 Å². The van der Waals surface area contributed by atoms with Gasteiger partial charge in [-0.15, -0.1) is 11.8 Å². The van der Waals surface area contributed by atoms with Crippen LogP contribution in [0.3, 0.4) is 0 Å². The summed E-state index contributed by atoms with van der Waals surface area (Å²) in [5, 5.41) is 8.91. The van der Waals surface area contributed by atoms with Crippen LogP contribution in [-0.4, -0.2) is 40.7 Å². The smallest absolute Gasteiger partial charge is 0.223 e. The monoisotopic (exact) mass is 353 g/mol. The van der Waals surface area contributed by atoms with Crippen molar-refractivity contribution < 1.29 is 9.53 Å². The Labute approximate surface area is 151 Å². The van der Waals surface area contributed by atoms with Gasteiger partial charge in [0.25, 0.3) is 0 Å². The highest BCUT2D eigenvalue weighted by atomic mass is 32.2. The summed E-state index contributed by atoms with van der Waals surface area (Å²) in [4.78, 5) is 19.5. The van der Waals surface area contributed by atoms with Crippen molar-refractivity contribution in [2.24, 2.45) is 0 Å². The zero-order chi connectivity index (χ0) is 17.5. The summed E-state index contributed by atoms with van der Waals surface area (Å²) in [5.41, 5.74) is 0.522. The summed E-state index contributed by atoms with van der Waals surface area (Å²) in [6, 6.07) is 15.4. The average molecular weight is 353 g/mol. The molecule has 1 aromatic carbocycles. The molecule has 1 aromatic heterocycles. The molecule has 1 saturated heterocycles. The number of nitrogens with zero attached hydrogens (tertiary/aromatic N) is 3. The number of aromatic nitrogens is 1. The lowest BCUT2D eigenvalue weighted by Crippen LogP contribution is -2.31. The molecule has 1 aliphatic heterocycles. The quantitative estimate of drug-likeness (QED) is 0.747. The number of carbonyl (C=O) groups excluding carboxylic acids is 1. The molecule has 5 nitrogen and oxygen atoms in total. The molecule has 25 heavy (non-hydrogen) atoms. The maximum absolute atomic E-state index is 12.3. The fraction of sp³-hybridized carbons (Fsp3) is 0.316. The Bertz CT molecular complexity index is 761. The Morgan fingerprint density at radius 1 is 1.36 bits per heavy atom. The fourth-order valence-electron chi connectivity index (χ4n) is 2.70. The second kappa shape index (κ2) is 8.54. The van der Waals surface area contributed by atoms with Crippen molar-refractivity contribution in [2.75, 3.05) is 18.8 Å². The predicted molar refractivity (Wildman–Crippen MR) is 96.3 cm³/mol. The number of amides is 1. The van der Waals surface area contributed by atoms with Gasteiger partial charge in [-0.1, -0.05) is 18.2 Å². The molecular formula is C19H19N3O2S. The third kappa shape index (κ3) is 4.97. The van der Waals surface area contributed by atoms with Crippen molar-refractivity contribution in [3.05, 3.63) is 54.2 Å². The third-order valence-electron chi connectivity index (χ3n) is 3.98. The molecule has 1 aliphatic rings. The molecular weight excluding hydrogens is 334 g/mol. The van der Waals surface area contributed by atoms with E-state index < -0.39 is 0 Å². The Morgan fingerprint density at radius 3 is 3.00 bits per heavy atom. The minimum absolute atomic E-state index is 0.0628. The number of rotatable bonds is 6. The van der Waals surface area contributed by atoms with Crippen LogP contribution < -0.4 is 4.74 Å². The first-order chi connectivity index (χ1) is 12.2. The van der Waals surface area contributed by atoms with Gasteiger partial charge < -0.3 is 9.64 Å². The van der Waals surface area contributed by atoms with E-state index in [1.54, 1.807) is 30.1 Å². The van der Waals surface area contributed by atoms with Gasteiger partial charge in [-0.3, -0.25) is 4.79 Å². The number of ether oxygens (including phenoxy) is 1. The molecule has 0 spiro atoms. The van der Waals surface area contributed by atoms with E-state index >= 15 is 0 Å². The van der Waals surface area contributed by atoms with E-state index in [2.05, 4.69) is 23.2 Å². The molecule has 128 valence electrons. The summed E-state index contributed by atoms with van der Waals surface area (Å²) in [7, 11) is 0. The molecule has 6 heteroatoms. The van der Waals surface area contributed by atoms with Crippen LogP contribution in [0.4, 0.5) is 0 Å². The molecule has 0 bridgehead atoms. The highest BCUT2D eigenvalue weighted by molar-refractivity contribution is 7.99. The van der Waals surface area contributed by atoms with Crippen LogP contribution >= 0.6 is 11.8 Å². The van der Waals surface area contributed by atoms with Gasteiger partial charge >= 0.3 is 0 Å². The zero-order valence-electron chi connectivity index (χ0n) is 13.8. The van der Waals surface area contributed by atoms with Crippen LogP contribution in [-0.2, 0) is 4.79 Å². The molecule has 1 atom stereocenters. The van der Waals surface area contributed by atoms with Crippen molar-refractivity contribution in [3.8, 4) is 11.9 Å². The van der Waals surface area contributed by atoms with Gasteiger partial charge in [0.1, 0.15) is 6.10 Å². The fourth-order valence-corrected chi connectivity index (χ4v) is 3.56. The number of pyridine rings is 1. The summed E-state index contributed by atoms with van der Waals surface area (Å²) >= 11 is 1.70. The van der Waals surface area contributed by atoms with E-state index in [0.29, 0.717) is 31.0 Å². The summed E-state index contributed by atoms with van der Waals surface area (Å²) in [6.45, 7) is 1.28. The van der Waals surface area contributed by atoms with Crippen LogP contribution in [0.25, 0.3) is 0 Å². The van der Waals surface area contributed by atoms with E-state index in [1.165, 1.54) is 4.90 Å². The first-order valence-electron chi connectivity index (χ1n) is 8.23. The van der Waals surface area contributed by atoms with Gasteiger partial charge in [-0.2, -0.15) is 5.26 Å². The molecule has 1 unspecified atom stereocenters. The Morgan fingerprint density at radius 2 is 2.20 bits per heavy atom. The van der Waals surface area contributed by atoms with E-state index in [1.807, 2.05) is 23.1 Å². The van der Waals surface area contributed by atoms with E-state index in [0.717, 1.165) is 12.2 Å². The number of thioether (sulfide) groups is 1. The minimum Gasteiger partial charge on any atom is -0.472 e. The van der Waals surface area contributed by atoms with Crippen LogP contribution in [0.15, 0.2) is 53.6 Å². The van der Waals surface area contributed by atoms with Crippen LogP contribution in [0.2, 0.25) is 0 Å². The number of nitriles is 1. The highest BCUT2D eigenvalue weighted by Crippen LogP contribution is 2.21. The normalized spacial score (nSPS) is 16.4. The van der Waals surface area contributed by atoms with Crippen LogP contribution in [0.1, 0.15) is 18.4 Å². The third-order valence-corrected chi connectivity index (χ3v) is 4.99. The minimum atomic E-state index is -0.0628. The van der Waals surface area contributed by atoms with Crippen molar-refractivity contribution in [2.45, 2.75) is 23.8 Å². The van der Waals surface area contributed by atoms with Gasteiger partial charge in [-0.25, -0.2) is 4.98 Å². The van der Waals surface area contributed by atoms with Crippen LogP contribution in [0, 0.1) is 11.3 Å². The first kappa shape index (κ1) is 17.3. The number of hydrogen-bond acceptors (Lipinski definition) is 5. The number of carbonyl (C=O) groups is 1. The molecule has 1 amide bonds. The second-order valence-electron chi connectivity index (χ2n) is 5.77. The van der Waals surface area contributed by atoms with E-state index in [-0.39, 0.29) is 12.0 Å². The lowest BCUT2D eigenvalue weighted by molar-refractivity contribution is -0.129. The molecule has 1 fully saturated rings. The lowest BCUT2D eigenvalue weighted by atomic mass is 10.3. The van der Waals surface area contributed by atoms with Gasteiger partial charge in [-0.05, 0) is 18.2 Å². The largest absolute Gasteiger partial charge is 0.472 e. The SMILES string of the molecule is N#Cc1ccnc(OC2CCN(C(=O)CCSc3ccccc3)C2)c1. The van der Waals surface area contributed by atoms with Gasteiger partial charge in [0.15, 0.2) is 0 Å². The molecule has 0 saturated carbocycles. The number of hydrogen-bond donors (Lipinski definition) is 0. The Kier molecular flexibility index (Phi) is 5.91. The molecule has 3 rings (SSSR count). The lowest BCUT2D eigenvalue weighted by Gasteiger charge is -2.17. The van der Waals surface area contributed by atoms with Crippen molar-refractivity contribution in [3.63, 3.8) is 0 Å². The topological polar surface area (TPSA) is 66.2 Å². The molecule has 0 aliphatic carbocycles.